The molecule has 7 heteroatoms. The van der Waals surface area contributed by atoms with Gasteiger partial charge >= 0.3 is 12.1 Å². The standard InChI is InChI=1S/C16H21NO6/c1-9(14(18)19)10-7-11(13(22-6)12(8-10)21-5)17-15(20)23-16(2,3)4/h7-8H,1H2,2-6H3,(H,17,20)(H,18,19). The van der Waals surface area contributed by atoms with Gasteiger partial charge in [0, 0.05) is 0 Å². The molecule has 0 aromatic heterocycles. The number of hydrogen-bond acceptors (Lipinski definition) is 5. The van der Waals surface area contributed by atoms with Crippen molar-refractivity contribution in [2.45, 2.75) is 26.4 Å². The van der Waals surface area contributed by atoms with E-state index in [-0.39, 0.29) is 28.3 Å². The smallest absolute Gasteiger partial charge is 0.412 e. The van der Waals surface area contributed by atoms with Crippen LogP contribution in [0.4, 0.5) is 10.5 Å². The summed E-state index contributed by atoms with van der Waals surface area (Å²) in [4.78, 5) is 23.0. The highest BCUT2D eigenvalue weighted by molar-refractivity contribution is 6.15. The normalized spacial score (nSPS) is 10.7. The third-order valence-corrected chi connectivity index (χ3v) is 2.72. The molecule has 0 spiro atoms. The van der Waals surface area contributed by atoms with Crippen LogP contribution < -0.4 is 14.8 Å². The zero-order valence-electron chi connectivity index (χ0n) is 13.9. The average Bonchev–Trinajstić information content (AvgIpc) is 2.43. The first-order valence-electron chi connectivity index (χ1n) is 6.77. The Morgan fingerprint density at radius 2 is 1.78 bits per heavy atom. The topological polar surface area (TPSA) is 94.1 Å². The van der Waals surface area contributed by atoms with Crippen LogP contribution in [0.15, 0.2) is 18.7 Å². The van der Waals surface area contributed by atoms with Gasteiger partial charge in [-0.25, -0.2) is 9.59 Å². The minimum atomic E-state index is -1.18. The Kier molecular flexibility index (Phi) is 5.62. The lowest BCUT2D eigenvalue weighted by molar-refractivity contribution is -0.130. The lowest BCUT2D eigenvalue weighted by Gasteiger charge is -2.21. The molecule has 0 aliphatic heterocycles. The van der Waals surface area contributed by atoms with Crippen LogP contribution in [0.2, 0.25) is 0 Å². The second-order valence-electron chi connectivity index (χ2n) is 5.67. The molecule has 23 heavy (non-hydrogen) atoms. The molecule has 0 unspecified atom stereocenters. The maximum absolute atomic E-state index is 11.9. The van der Waals surface area contributed by atoms with Crippen LogP contribution >= 0.6 is 0 Å². The second-order valence-corrected chi connectivity index (χ2v) is 5.67. The molecule has 0 saturated carbocycles. The highest BCUT2D eigenvalue weighted by Crippen LogP contribution is 2.38. The average molecular weight is 323 g/mol. The van der Waals surface area contributed by atoms with Crippen LogP contribution in [0, 0.1) is 0 Å². The van der Waals surface area contributed by atoms with Crippen LogP contribution in [-0.2, 0) is 9.53 Å². The Labute approximate surface area is 134 Å². The molecule has 1 amide bonds. The Bertz CT molecular complexity index is 630. The molecule has 2 N–H and O–H groups in total. The summed E-state index contributed by atoms with van der Waals surface area (Å²) in [6.45, 7) is 8.68. The molecule has 0 bridgehead atoms. The first-order chi connectivity index (χ1) is 10.6. The van der Waals surface area contributed by atoms with E-state index in [0.29, 0.717) is 0 Å². The van der Waals surface area contributed by atoms with Crippen LogP contribution in [0.1, 0.15) is 26.3 Å². The maximum atomic E-state index is 11.9. The number of aliphatic carboxylic acids is 1. The Balaban J connectivity index is 3.27. The van der Waals surface area contributed by atoms with Crippen molar-refractivity contribution in [2.24, 2.45) is 0 Å². The van der Waals surface area contributed by atoms with E-state index in [2.05, 4.69) is 11.9 Å². The van der Waals surface area contributed by atoms with E-state index in [0.717, 1.165) is 0 Å². The van der Waals surface area contributed by atoms with Crippen molar-refractivity contribution in [3.63, 3.8) is 0 Å². The van der Waals surface area contributed by atoms with Gasteiger partial charge in [-0.2, -0.15) is 0 Å². The number of rotatable bonds is 5. The molecule has 126 valence electrons. The van der Waals surface area contributed by atoms with Crippen molar-refractivity contribution in [2.75, 3.05) is 19.5 Å². The number of ether oxygens (including phenoxy) is 3. The molecule has 0 radical (unpaired) electrons. The monoisotopic (exact) mass is 323 g/mol. The van der Waals surface area contributed by atoms with Crippen molar-refractivity contribution in [1.82, 2.24) is 0 Å². The van der Waals surface area contributed by atoms with Gasteiger partial charge in [0.1, 0.15) is 5.60 Å². The first-order valence-corrected chi connectivity index (χ1v) is 6.77. The van der Waals surface area contributed by atoms with Gasteiger partial charge in [-0.3, -0.25) is 5.32 Å². The maximum Gasteiger partial charge on any atom is 0.412 e. The molecule has 0 atom stereocenters. The number of carbonyl (C=O) groups is 2. The lowest BCUT2D eigenvalue weighted by atomic mass is 10.1. The van der Waals surface area contributed by atoms with Crippen LogP contribution in [-0.4, -0.2) is 37.0 Å². The fourth-order valence-electron chi connectivity index (χ4n) is 1.77. The van der Waals surface area contributed by atoms with Crippen LogP contribution in [0.25, 0.3) is 5.57 Å². The number of amides is 1. The highest BCUT2D eigenvalue weighted by Gasteiger charge is 2.21. The van der Waals surface area contributed by atoms with Gasteiger partial charge in [0.05, 0.1) is 25.5 Å². The van der Waals surface area contributed by atoms with Crippen LogP contribution in [0.5, 0.6) is 11.5 Å². The molecular weight excluding hydrogens is 302 g/mol. The second kappa shape index (κ2) is 7.04. The van der Waals surface area contributed by atoms with Gasteiger partial charge in [-0.1, -0.05) is 6.58 Å². The number of anilines is 1. The number of benzene rings is 1. The Hall–Kier alpha value is -2.70. The predicted octanol–water partition coefficient (Wildman–Crippen LogP) is 3.15. The summed E-state index contributed by atoms with van der Waals surface area (Å²) in [6, 6.07) is 2.90. The fourth-order valence-corrected chi connectivity index (χ4v) is 1.77. The summed E-state index contributed by atoms with van der Waals surface area (Å²) in [6.07, 6.45) is -0.698. The van der Waals surface area contributed by atoms with E-state index in [1.807, 2.05) is 0 Å². The fraction of sp³-hybridized carbons (Fsp3) is 0.375. The van der Waals surface area contributed by atoms with Gasteiger partial charge in [0.15, 0.2) is 11.5 Å². The largest absolute Gasteiger partial charge is 0.493 e. The molecule has 1 aromatic rings. The molecule has 0 aliphatic carbocycles. The number of nitrogens with one attached hydrogen (secondary N) is 1. The lowest BCUT2D eigenvalue weighted by Crippen LogP contribution is -2.27. The van der Waals surface area contributed by atoms with E-state index >= 15 is 0 Å². The summed E-state index contributed by atoms with van der Waals surface area (Å²) in [5, 5.41) is 11.6. The summed E-state index contributed by atoms with van der Waals surface area (Å²) >= 11 is 0. The van der Waals surface area contributed by atoms with Gasteiger partial charge in [0.2, 0.25) is 0 Å². The molecular formula is C16H21NO6. The van der Waals surface area contributed by atoms with E-state index in [4.69, 9.17) is 19.3 Å². The van der Waals surface area contributed by atoms with Gasteiger partial charge in [-0.15, -0.1) is 0 Å². The minimum Gasteiger partial charge on any atom is -0.493 e. The summed E-state index contributed by atoms with van der Waals surface area (Å²) < 4.78 is 15.6. The van der Waals surface area contributed by atoms with Gasteiger partial charge < -0.3 is 19.3 Å². The number of carbonyl (C=O) groups excluding carboxylic acids is 1. The Morgan fingerprint density at radius 1 is 1.17 bits per heavy atom. The quantitative estimate of drug-likeness (QED) is 0.808. The van der Waals surface area contributed by atoms with Crippen LogP contribution in [0.3, 0.4) is 0 Å². The van der Waals surface area contributed by atoms with Gasteiger partial charge in [0.25, 0.3) is 0 Å². The van der Waals surface area contributed by atoms with Crippen molar-refractivity contribution >= 4 is 23.3 Å². The zero-order valence-corrected chi connectivity index (χ0v) is 13.9. The SMILES string of the molecule is C=C(C(=O)O)c1cc(NC(=O)OC(C)(C)C)c(OC)c(OC)c1. The molecule has 1 aromatic carbocycles. The van der Waals surface area contributed by atoms with Crippen molar-refractivity contribution in [3.05, 3.63) is 24.3 Å². The molecule has 0 heterocycles. The number of carboxylic acids is 1. The molecule has 0 aliphatic rings. The Morgan fingerprint density at radius 3 is 2.22 bits per heavy atom. The molecule has 1 rings (SSSR count). The van der Waals surface area contributed by atoms with Gasteiger partial charge in [-0.05, 0) is 38.5 Å². The van der Waals surface area contributed by atoms with Crippen molar-refractivity contribution in [1.29, 1.82) is 0 Å². The molecule has 7 nitrogen and oxygen atoms in total. The molecule has 0 fully saturated rings. The van der Waals surface area contributed by atoms with Crippen molar-refractivity contribution < 1.29 is 28.9 Å². The first kappa shape index (κ1) is 18.3. The summed E-state index contributed by atoms with van der Waals surface area (Å²) in [5.74, 6) is -0.667. The predicted molar refractivity (Wildman–Crippen MR) is 86.1 cm³/mol. The minimum absolute atomic E-state index is 0.141. The van der Waals surface area contributed by atoms with E-state index in [9.17, 15) is 9.59 Å². The number of hydrogen-bond donors (Lipinski definition) is 2. The third-order valence-electron chi connectivity index (χ3n) is 2.72. The summed E-state index contributed by atoms with van der Waals surface area (Å²) in [5.41, 5.74) is -0.318. The summed E-state index contributed by atoms with van der Waals surface area (Å²) in [7, 11) is 2.81. The van der Waals surface area contributed by atoms with E-state index in [1.54, 1.807) is 20.8 Å². The van der Waals surface area contributed by atoms with Crippen molar-refractivity contribution in [3.8, 4) is 11.5 Å². The molecule has 0 saturated heterocycles. The number of carboxylic acid groups (broad SMARTS) is 1. The third kappa shape index (κ3) is 4.91. The van der Waals surface area contributed by atoms with E-state index < -0.39 is 17.7 Å². The highest BCUT2D eigenvalue weighted by atomic mass is 16.6. The number of methoxy groups -OCH3 is 2. The van der Waals surface area contributed by atoms with E-state index in [1.165, 1.54) is 26.4 Å². The zero-order chi connectivity index (χ0) is 17.8.